The van der Waals surface area contributed by atoms with Gasteiger partial charge in [-0.2, -0.15) is 0 Å². The first-order chi connectivity index (χ1) is 12.2. The van der Waals surface area contributed by atoms with Gasteiger partial charge in [0.1, 0.15) is 18.0 Å². The normalized spacial score (nSPS) is 24.1. The zero-order valence-electron chi connectivity index (χ0n) is 14.7. The zero-order chi connectivity index (χ0) is 17.2. The molecule has 0 spiro atoms. The number of aromatic nitrogens is 5. The molecule has 134 valence electrons. The molecule has 2 N–H and O–H groups in total. The fourth-order valence-corrected chi connectivity index (χ4v) is 3.95. The molecule has 2 heterocycles. The third-order valence-electron chi connectivity index (χ3n) is 5.43. The molecular formula is C18H26N6O. The van der Waals surface area contributed by atoms with E-state index in [0.29, 0.717) is 18.5 Å². The standard InChI is InChI=1S/C18H26N6O/c1-12-21-16(13-7-15(25)8-13)9-17(22-12)19-10-18-23-20-11-24(18)14-5-3-2-4-6-14/h9,11,13-15,25H,2-8,10H2,1H3,(H,19,21,22). The number of hydrogen-bond acceptors (Lipinski definition) is 6. The molecule has 2 aromatic heterocycles. The van der Waals surface area contributed by atoms with Crippen LogP contribution in [0.5, 0.6) is 0 Å². The molecule has 2 fully saturated rings. The van der Waals surface area contributed by atoms with Crippen molar-refractivity contribution in [3.8, 4) is 0 Å². The maximum absolute atomic E-state index is 9.52. The molecule has 2 saturated carbocycles. The highest BCUT2D eigenvalue weighted by molar-refractivity contribution is 5.37. The predicted molar refractivity (Wildman–Crippen MR) is 94.2 cm³/mol. The number of nitrogens with one attached hydrogen (secondary N) is 1. The van der Waals surface area contributed by atoms with Crippen LogP contribution in [-0.2, 0) is 6.54 Å². The minimum absolute atomic E-state index is 0.175. The molecule has 0 amide bonds. The molecule has 0 atom stereocenters. The van der Waals surface area contributed by atoms with Crippen molar-refractivity contribution in [1.82, 2.24) is 24.7 Å². The van der Waals surface area contributed by atoms with Crippen LogP contribution in [-0.4, -0.2) is 35.9 Å². The molecule has 25 heavy (non-hydrogen) atoms. The third kappa shape index (κ3) is 3.66. The summed E-state index contributed by atoms with van der Waals surface area (Å²) in [6.45, 7) is 2.52. The predicted octanol–water partition coefficient (Wildman–Crippen LogP) is 2.73. The van der Waals surface area contributed by atoms with Gasteiger partial charge in [-0.3, -0.25) is 0 Å². The van der Waals surface area contributed by atoms with Crippen LogP contribution in [0.1, 0.15) is 74.2 Å². The van der Waals surface area contributed by atoms with E-state index >= 15 is 0 Å². The van der Waals surface area contributed by atoms with Crippen LogP contribution in [0, 0.1) is 6.92 Å². The summed E-state index contributed by atoms with van der Waals surface area (Å²) < 4.78 is 2.23. The van der Waals surface area contributed by atoms with Gasteiger partial charge in [-0.05, 0) is 32.6 Å². The first-order valence-corrected chi connectivity index (χ1v) is 9.35. The van der Waals surface area contributed by atoms with Crippen molar-refractivity contribution in [3.05, 3.63) is 29.7 Å². The Morgan fingerprint density at radius 2 is 2.00 bits per heavy atom. The summed E-state index contributed by atoms with van der Waals surface area (Å²) >= 11 is 0. The number of aliphatic hydroxyl groups is 1. The Kier molecular flexibility index (Phi) is 4.65. The summed E-state index contributed by atoms with van der Waals surface area (Å²) in [5.74, 6) is 2.89. The quantitative estimate of drug-likeness (QED) is 0.868. The van der Waals surface area contributed by atoms with Gasteiger partial charge >= 0.3 is 0 Å². The SMILES string of the molecule is Cc1nc(NCc2nncn2C2CCCCC2)cc(C2CC(O)C2)n1. The monoisotopic (exact) mass is 342 g/mol. The molecule has 0 unspecified atom stereocenters. The Balaban J connectivity index is 1.44. The van der Waals surface area contributed by atoms with Gasteiger partial charge in [0.05, 0.1) is 12.6 Å². The van der Waals surface area contributed by atoms with Crippen molar-refractivity contribution >= 4 is 5.82 Å². The largest absolute Gasteiger partial charge is 0.393 e. The molecule has 2 aliphatic rings. The maximum Gasteiger partial charge on any atom is 0.152 e. The van der Waals surface area contributed by atoms with Crippen LogP contribution in [0.3, 0.4) is 0 Å². The Hall–Kier alpha value is -2.02. The first kappa shape index (κ1) is 16.4. The number of aryl methyl sites for hydroxylation is 1. The number of anilines is 1. The summed E-state index contributed by atoms with van der Waals surface area (Å²) in [5, 5.41) is 21.3. The van der Waals surface area contributed by atoms with Gasteiger partial charge in [-0.25, -0.2) is 9.97 Å². The van der Waals surface area contributed by atoms with Crippen molar-refractivity contribution in [2.45, 2.75) is 76.5 Å². The van der Waals surface area contributed by atoms with Gasteiger partial charge in [-0.1, -0.05) is 19.3 Å². The molecule has 0 aromatic carbocycles. The van der Waals surface area contributed by atoms with E-state index < -0.39 is 0 Å². The van der Waals surface area contributed by atoms with E-state index in [1.54, 1.807) is 0 Å². The minimum atomic E-state index is -0.175. The zero-order valence-corrected chi connectivity index (χ0v) is 14.7. The molecule has 7 nitrogen and oxygen atoms in total. The second-order valence-electron chi connectivity index (χ2n) is 7.35. The Labute approximate surface area is 147 Å². The summed E-state index contributed by atoms with van der Waals surface area (Å²) in [4.78, 5) is 9.02. The van der Waals surface area contributed by atoms with Crippen LogP contribution >= 0.6 is 0 Å². The van der Waals surface area contributed by atoms with Gasteiger partial charge in [0.2, 0.25) is 0 Å². The molecule has 0 saturated heterocycles. The van der Waals surface area contributed by atoms with Gasteiger partial charge in [0.25, 0.3) is 0 Å². The third-order valence-corrected chi connectivity index (χ3v) is 5.43. The van der Waals surface area contributed by atoms with Crippen molar-refractivity contribution in [3.63, 3.8) is 0 Å². The molecule has 0 bridgehead atoms. The smallest absolute Gasteiger partial charge is 0.152 e. The molecule has 4 rings (SSSR count). The topological polar surface area (TPSA) is 88.8 Å². The van der Waals surface area contributed by atoms with Gasteiger partial charge in [0, 0.05) is 23.7 Å². The summed E-state index contributed by atoms with van der Waals surface area (Å²) in [6, 6.07) is 2.53. The molecule has 2 aliphatic carbocycles. The second kappa shape index (κ2) is 7.07. The van der Waals surface area contributed by atoms with Crippen molar-refractivity contribution in [2.75, 3.05) is 5.32 Å². The fraction of sp³-hybridized carbons (Fsp3) is 0.667. The van der Waals surface area contributed by atoms with Crippen LogP contribution in [0.15, 0.2) is 12.4 Å². The van der Waals surface area contributed by atoms with Crippen molar-refractivity contribution in [2.24, 2.45) is 0 Å². The average Bonchev–Trinajstić information content (AvgIpc) is 3.06. The van der Waals surface area contributed by atoms with E-state index in [1.807, 2.05) is 19.3 Å². The van der Waals surface area contributed by atoms with E-state index in [4.69, 9.17) is 0 Å². The van der Waals surface area contributed by atoms with E-state index in [0.717, 1.165) is 36.0 Å². The highest BCUT2D eigenvalue weighted by Gasteiger charge is 2.30. The molecular weight excluding hydrogens is 316 g/mol. The van der Waals surface area contributed by atoms with E-state index in [-0.39, 0.29) is 6.10 Å². The van der Waals surface area contributed by atoms with E-state index in [1.165, 1.54) is 32.1 Å². The van der Waals surface area contributed by atoms with Crippen LogP contribution in [0.4, 0.5) is 5.82 Å². The Morgan fingerprint density at radius 3 is 2.76 bits per heavy atom. The highest BCUT2D eigenvalue weighted by atomic mass is 16.3. The summed E-state index contributed by atoms with van der Waals surface area (Å²) in [7, 11) is 0. The lowest BCUT2D eigenvalue weighted by atomic mass is 9.80. The molecule has 7 heteroatoms. The average molecular weight is 342 g/mol. The van der Waals surface area contributed by atoms with Crippen molar-refractivity contribution in [1.29, 1.82) is 0 Å². The lowest BCUT2D eigenvalue weighted by Crippen LogP contribution is -2.27. The molecule has 0 aliphatic heterocycles. The summed E-state index contributed by atoms with van der Waals surface area (Å²) in [6.07, 6.45) is 9.63. The summed E-state index contributed by atoms with van der Waals surface area (Å²) in [5.41, 5.74) is 1.02. The lowest BCUT2D eigenvalue weighted by molar-refractivity contribution is 0.0731. The minimum Gasteiger partial charge on any atom is -0.393 e. The number of rotatable bonds is 5. The van der Waals surface area contributed by atoms with Crippen LogP contribution < -0.4 is 5.32 Å². The Morgan fingerprint density at radius 1 is 1.20 bits per heavy atom. The van der Waals surface area contributed by atoms with Gasteiger partial charge < -0.3 is 15.0 Å². The number of hydrogen-bond donors (Lipinski definition) is 2. The fourth-order valence-electron chi connectivity index (χ4n) is 3.95. The van der Waals surface area contributed by atoms with Gasteiger partial charge in [0.15, 0.2) is 5.82 Å². The van der Waals surface area contributed by atoms with E-state index in [9.17, 15) is 5.11 Å². The van der Waals surface area contributed by atoms with Crippen LogP contribution in [0.25, 0.3) is 0 Å². The number of nitrogens with zero attached hydrogens (tertiary/aromatic N) is 5. The van der Waals surface area contributed by atoms with E-state index in [2.05, 4.69) is 30.0 Å². The van der Waals surface area contributed by atoms with Crippen LogP contribution in [0.2, 0.25) is 0 Å². The van der Waals surface area contributed by atoms with Crippen molar-refractivity contribution < 1.29 is 5.11 Å². The second-order valence-corrected chi connectivity index (χ2v) is 7.35. The number of aliphatic hydroxyl groups excluding tert-OH is 1. The highest BCUT2D eigenvalue weighted by Crippen LogP contribution is 2.36. The Bertz CT molecular complexity index is 718. The molecule has 2 aromatic rings. The van der Waals surface area contributed by atoms with Gasteiger partial charge in [-0.15, -0.1) is 10.2 Å². The first-order valence-electron chi connectivity index (χ1n) is 9.35. The lowest BCUT2D eigenvalue weighted by Gasteiger charge is -2.31. The molecule has 0 radical (unpaired) electrons. The maximum atomic E-state index is 9.52.